The minimum absolute atomic E-state index is 0.117. The third-order valence-corrected chi connectivity index (χ3v) is 3.46. The van der Waals surface area contributed by atoms with E-state index < -0.39 is 60.8 Å². The molecule has 0 bridgehead atoms. The summed E-state index contributed by atoms with van der Waals surface area (Å²) in [5.74, 6) is -5.33. The second-order valence-corrected chi connectivity index (χ2v) is 5.45. The monoisotopic (exact) mass is 394 g/mol. The fourth-order valence-corrected chi connectivity index (χ4v) is 1.97. The molecular weight excluding hydrogens is 372 g/mol. The second-order valence-electron chi connectivity index (χ2n) is 5.08. The zero-order chi connectivity index (χ0) is 20.3. The number of aliphatic hydroxyl groups is 1. The summed E-state index contributed by atoms with van der Waals surface area (Å²) < 4.78 is 0. The Kier molecular flexibility index (Phi) is 10.9. The van der Waals surface area contributed by atoms with Crippen LogP contribution in [0.5, 0.6) is 0 Å². The smallest absolute Gasteiger partial charge is 0.326 e. The van der Waals surface area contributed by atoms with Crippen molar-refractivity contribution in [3.63, 3.8) is 0 Å². The van der Waals surface area contributed by atoms with Gasteiger partial charge in [-0.2, -0.15) is 12.6 Å². The molecule has 3 unspecified atom stereocenters. The molecule has 0 rings (SSSR count). The molecule has 3 amide bonds. The molecule has 0 aromatic carbocycles. The molecular formula is C13H22N4O8S. The Morgan fingerprint density at radius 3 is 1.88 bits per heavy atom. The molecule has 3 atom stereocenters. The average molecular weight is 394 g/mol. The molecule has 0 spiro atoms. The minimum atomic E-state index is -1.51. The van der Waals surface area contributed by atoms with Crippen molar-refractivity contribution in [1.82, 2.24) is 16.0 Å². The van der Waals surface area contributed by atoms with E-state index in [2.05, 4.69) is 23.3 Å². The Hall–Kier alpha value is -2.38. The van der Waals surface area contributed by atoms with E-state index in [1.807, 2.05) is 5.32 Å². The lowest BCUT2D eigenvalue weighted by molar-refractivity contribution is -0.143. The number of hydrogen-bond donors (Lipinski definition) is 8. The van der Waals surface area contributed by atoms with Crippen molar-refractivity contribution in [1.29, 1.82) is 0 Å². The third-order valence-electron chi connectivity index (χ3n) is 3.10. The van der Waals surface area contributed by atoms with Crippen molar-refractivity contribution in [3.8, 4) is 0 Å². The first-order valence-corrected chi connectivity index (χ1v) is 8.05. The fraction of sp³-hybridized carbons (Fsp3) is 0.615. The summed E-state index contributed by atoms with van der Waals surface area (Å²) in [6.45, 7) is -1.22. The normalized spacial score (nSPS) is 13.8. The quantitative estimate of drug-likeness (QED) is 0.153. The third kappa shape index (κ3) is 8.64. The molecule has 0 aliphatic rings. The van der Waals surface area contributed by atoms with Gasteiger partial charge in [0.25, 0.3) is 0 Å². The number of carbonyl (C=O) groups is 5. The largest absolute Gasteiger partial charge is 0.481 e. The van der Waals surface area contributed by atoms with Gasteiger partial charge in [-0.25, -0.2) is 4.79 Å². The van der Waals surface area contributed by atoms with Gasteiger partial charge in [0.2, 0.25) is 17.7 Å². The van der Waals surface area contributed by atoms with E-state index in [0.29, 0.717) is 0 Å². The molecule has 0 heterocycles. The van der Waals surface area contributed by atoms with Gasteiger partial charge in [-0.3, -0.25) is 19.2 Å². The van der Waals surface area contributed by atoms with E-state index in [1.165, 1.54) is 0 Å². The van der Waals surface area contributed by atoms with Crippen LogP contribution in [-0.4, -0.2) is 82.0 Å². The predicted molar refractivity (Wildman–Crippen MR) is 90.3 cm³/mol. The van der Waals surface area contributed by atoms with Crippen LogP contribution in [0, 0.1) is 0 Å². The highest BCUT2D eigenvalue weighted by Crippen LogP contribution is 2.00. The van der Waals surface area contributed by atoms with E-state index in [0.717, 1.165) is 0 Å². The highest BCUT2D eigenvalue weighted by molar-refractivity contribution is 7.80. The summed E-state index contributed by atoms with van der Waals surface area (Å²) in [4.78, 5) is 56.9. The van der Waals surface area contributed by atoms with Crippen LogP contribution in [0.25, 0.3) is 0 Å². The molecule has 12 nitrogen and oxygen atoms in total. The summed E-state index contributed by atoms with van der Waals surface area (Å²) in [6, 6.07) is -4.15. The van der Waals surface area contributed by atoms with Crippen LogP contribution < -0.4 is 21.7 Å². The van der Waals surface area contributed by atoms with Crippen molar-refractivity contribution in [3.05, 3.63) is 0 Å². The lowest BCUT2D eigenvalue weighted by Crippen LogP contribution is -2.57. The van der Waals surface area contributed by atoms with Gasteiger partial charge >= 0.3 is 11.9 Å². The van der Waals surface area contributed by atoms with E-state index in [9.17, 15) is 29.1 Å². The van der Waals surface area contributed by atoms with Crippen LogP contribution in [-0.2, 0) is 24.0 Å². The number of aliphatic hydroxyl groups excluding tert-OH is 1. The maximum absolute atomic E-state index is 12.0. The Labute approximate surface area is 153 Å². The van der Waals surface area contributed by atoms with E-state index in [1.54, 1.807) is 0 Å². The van der Waals surface area contributed by atoms with Crippen LogP contribution in [0.2, 0.25) is 0 Å². The van der Waals surface area contributed by atoms with Crippen molar-refractivity contribution < 1.29 is 39.3 Å². The molecule has 0 aromatic rings. The number of hydrogen-bond acceptors (Lipinski definition) is 8. The number of carbonyl (C=O) groups excluding carboxylic acids is 3. The van der Waals surface area contributed by atoms with Crippen LogP contribution in [0.4, 0.5) is 0 Å². The second kappa shape index (κ2) is 12.1. The molecule has 0 fully saturated rings. The van der Waals surface area contributed by atoms with Gasteiger partial charge in [-0.05, 0) is 6.42 Å². The maximum atomic E-state index is 12.0. The SMILES string of the molecule is NCC(=O)NC(CS)C(=O)NC(CO)C(=O)NC(CCC(=O)O)C(=O)O. The van der Waals surface area contributed by atoms with Gasteiger partial charge < -0.3 is 37.0 Å². The molecule has 0 aliphatic heterocycles. The summed E-state index contributed by atoms with van der Waals surface area (Å²) in [5, 5.41) is 33.3. The van der Waals surface area contributed by atoms with E-state index >= 15 is 0 Å². The van der Waals surface area contributed by atoms with Crippen LogP contribution >= 0.6 is 12.6 Å². The maximum Gasteiger partial charge on any atom is 0.326 e. The van der Waals surface area contributed by atoms with Gasteiger partial charge in [0.1, 0.15) is 18.1 Å². The Bertz CT molecular complexity index is 544. The number of aliphatic carboxylic acids is 2. The van der Waals surface area contributed by atoms with Crippen molar-refractivity contribution in [2.75, 3.05) is 18.9 Å². The summed E-state index contributed by atoms with van der Waals surface area (Å²) in [6.07, 6.45) is -0.880. The van der Waals surface area contributed by atoms with Gasteiger partial charge in [0, 0.05) is 12.2 Å². The number of nitrogens with two attached hydrogens (primary N) is 1. The molecule has 148 valence electrons. The van der Waals surface area contributed by atoms with Crippen molar-refractivity contribution in [2.45, 2.75) is 31.0 Å². The average Bonchev–Trinajstić information content (AvgIpc) is 2.59. The zero-order valence-electron chi connectivity index (χ0n) is 13.7. The van der Waals surface area contributed by atoms with Crippen LogP contribution in [0.3, 0.4) is 0 Å². The number of carboxylic acid groups (broad SMARTS) is 2. The fourth-order valence-electron chi connectivity index (χ4n) is 1.71. The zero-order valence-corrected chi connectivity index (χ0v) is 14.6. The molecule has 26 heavy (non-hydrogen) atoms. The van der Waals surface area contributed by atoms with Gasteiger partial charge in [0.05, 0.1) is 13.2 Å². The minimum Gasteiger partial charge on any atom is -0.481 e. The molecule has 0 saturated heterocycles. The van der Waals surface area contributed by atoms with Gasteiger partial charge in [-0.15, -0.1) is 0 Å². The number of nitrogens with one attached hydrogen (secondary N) is 3. The number of thiol groups is 1. The van der Waals surface area contributed by atoms with Crippen LogP contribution in [0.15, 0.2) is 0 Å². The highest BCUT2D eigenvalue weighted by atomic mass is 32.1. The molecule has 8 N–H and O–H groups in total. The van der Waals surface area contributed by atoms with E-state index in [-0.39, 0.29) is 18.7 Å². The molecule has 0 aliphatic carbocycles. The first-order chi connectivity index (χ1) is 12.2. The van der Waals surface area contributed by atoms with Gasteiger partial charge in [0.15, 0.2) is 0 Å². The summed E-state index contributed by atoms with van der Waals surface area (Å²) >= 11 is 3.89. The summed E-state index contributed by atoms with van der Waals surface area (Å²) in [5.41, 5.74) is 5.11. The first-order valence-electron chi connectivity index (χ1n) is 7.42. The van der Waals surface area contributed by atoms with E-state index in [4.69, 9.17) is 15.9 Å². The van der Waals surface area contributed by atoms with Crippen LogP contribution in [0.1, 0.15) is 12.8 Å². The van der Waals surface area contributed by atoms with Gasteiger partial charge in [-0.1, -0.05) is 0 Å². The number of rotatable bonds is 12. The Balaban J connectivity index is 4.89. The highest BCUT2D eigenvalue weighted by Gasteiger charge is 2.28. The topological polar surface area (TPSA) is 208 Å². The number of carboxylic acids is 2. The number of amides is 3. The lowest BCUT2D eigenvalue weighted by atomic mass is 10.1. The summed E-state index contributed by atoms with van der Waals surface area (Å²) in [7, 11) is 0. The lowest BCUT2D eigenvalue weighted by Gasteiger charge is -2.22. The Morgan fingerprint density at radius 1 is 0.923 bits per heavy atom. The molecule has 0 saturated carbocycles. The standard InChI is InChI=1S/C13H22N4O8S/c14-3-9(19)15-8(5-26)12(23)17-7(4-18)11(22)16-6(13(24)25)1-2-10(20)21/h6-8,18,26H,1-5,14H2,(H,15,19)(H,16,22)(H,17,23)(H,20,21)(H,24,25). The van der Waals surface area contributed by atoms with Crippen molar-refractivity contribution in [2.24, 2.45) is 5.73 Å². The Morgan fingerprint density at radius 2 is 1.46 bits per heavy atom. The van der Waals surface area contributed by atoms with Crippen molar-refractivity contribution >= 4 is 42.3 Å². The molecule has 13 heteroatoms. The molecule has 0 radical (unpaired) electrons. The predicted octanol–water partition coefficient (Wildman–Crippen LogP) is -3.73. The first kappa shape index (κ1) is 23.6. The molecule has 0 aromatic heterocycles.